The van der Waals surface area contributed by atoms with Crippen LogP contribution in [0.4, 0.5) is 11.6 Å². The van der Waals surface area contributed by atoms with Crippen LogP contribution in [-0.4, -0.2) is 143 Å². The monoisotopic (exact) mass is 1870 g/mol. The number of pyridine rings is 4. The third-order valence-corrected chi connectivity index (χ3v) is 23.3. The number of nitriles is 3. The van der Waals surface area contributed by atoms with Gasteiger partial charge in [-0.2, -0.15) is 15.8 Å². The molecular formula is C121H116ClN11O7. The van der Waals surface area contributed by atoms with E-state index in [1.54, 1.807) is 20.3 Å². The highest BCUT2D eigenvalue weighted by Gasteiger charge is 2.24. The Morgan fingerprint density at radius 2 is 0.757 bits per heavy atom. The van der Waals surface area contributed by atoms with Gasteiger partial charge in [0, 0.05) is 123 Å². The molecule has 704 valence electrons. The number of methoxy groups -OCH3 is 2. The van der Waals surface area contributed by atoms with Crippen molar-refractivity contribution in [2.24, 2.45) is 0 Å². The number of nitrogens with zero attached hydrogens (tertiary/aromatic N) is 10. The van der Waals surface area contributed by atoms with Crippen molar-refractivity contribution < 1.29 is 28.5 Å². The molecule has 16 aromatic rings. The molecule has 0 bridgehead atoms. The minimum absolute atomic E-state index is 0.0446. The lowest BCUT2D eigenvalue weighted by Gasteiger charge is -2.29. The molecule has 1 N–H and O–H groups in total. The second kappa shape index (κ2) is 52.4. The summed E-state index contributed by atoms with van der Waals surface area (Å²) in [7, 11) is 10.8. The van der Waals surface area contributed by atoms with Gasteiger partial charge in [0.1, 0.15) is 40.6 Å². The third kappa shape index (κ3) is 29.3. The van der Waals surface area contributed by atoms with Crippen molar-refractivity contribution in [2.45, 2.75) is 54.4 Å². The maximum atomic E-state index is 12.7. The first kappa shape index (κ1) is 103. The zero-order chi connectivity index (χ0) is 99.2. The van der Waals surface area contributed by atoms with E-state index in [4.69, 9.17) is 45.8 Å². The topological polar surface area (TPSA) is 227 Å². The van der Waals surface area contributed by atoms with Crippen LogP contribution in [0.3, 0.4) is 0 Å². The average molecular weight is 1870 g/mol. The number of rotatable bonds is 20. The van der Waals surface area contributed by atoms with E-state index < -0.39 is 0 Å². The number of benzene rings is 12. The number of aromatic nitrogens is 4. The summed E-state index contributed by atoms with van der Waals surface area (Å²) >= 11 is 6.13. The number of aromatic amines is 1. The number of H-pyrrole nitrogens is 1. The van der Waals surface area contributed by atoms with Crippen LogP contribution in [-0.2, 0) is 25.4 Å². The molecule has 18 nitrogen and oxygen atoms in total. The Morgan fingerprint density at radius 3 is 1.16 bits per heavy atom. The van der Waals surface area contributed by atoms with Gasteiger partial charge in [-0.05, 0) is 125 Å². The van der Waals surface area contributed by atoms with Gasteiger partial charge in [0.15, 0.2) is 11.6 Å². The molecular weight excluding hydrogens is 1750 g/mol. The van der Waals surface area contributed by atoms with E-state index in [-0.39, 0.29) is 34.3 Å². The molecule has 0 atom stereocenters. The lowest BCUT2D eigenvalue weighted by molar-refractivity contribution is -0.179. The summed E-state index contributed by atoms with van der Waals surface area (Å²) in [5.74, 6) is 1.99. The number of carbonyl (C=O) groups excluding carboxylic acids is 2. The highest BCUT2D eigenvalue weighted by Crippen LogP contribution is 2.39. The number of hydrogen-bond acceptors (Lipinski definition) is 17. The molecule has 2 aliphatic heterocycles. The summed E-state index contributed by atoms with van der Waals surface area (Å²) in [6.07, 6.45) is 2.14. The lowest BCUT2D eigenvalue weighted by atomic mass is 9.97. The van der Waals surface area contributed by atoms with Crippen molar-refractivity contribution in [3.63, 3.8) is 0 Å². The van der Waals surface area contributed by atoms with Crippen LogP contribution in [0.15, 0.2) is 369 Å². The van der Waals surface area contributed by atoms with E-state index in [1.165, 1.54) is 38.9 Å². The van der Waals surface area contributed by atoms with Crippen molar-refractivity contribution >= 4 is 40.4 Å². The summed E-state index contributed by atoms with van der Waals surface area (Å²) in [4.78, 5) is 62.1. The van der Waals surface area contributed by atoms with Crippen LogP contribution in [0.1, 0.15) is 81.9 Å². The van der Waals surface area contributed by atoms with Crippen LogP contribution in [0.25, 0.3) is 95.1 Å². The number of allylic oxidation sites excluding steroid dienone is 1. The summed E-state index contributed by atoms with van der Waals surface area (Å²) in [6, 6.07) is 124. The predicted molar refractivity (Wildman–Crippen MR) is 568 cm³/mol. The van der Waals surface area contributed by atoms with Crippen molar-refractivity contribution in [3.05, 3.63) is 452 Å². The predicted octanol–water partition coefficient (Wildman–Crippen LogP) is 25.5. The van der Waals surface area contributed by atoms with Gasteiger partial charge in [-0.3, -0.25) is 19.3 Å². The van der Waals surface area contributed by atoms with Crippen molar-refractivity contribution in [1.82, 2.24) is 29.7 Å². The summed E-state index contributed by atoms with van der Waals surface area (Å²) < 4.78 is 20.7. The number of anilines is 2. The number of carbonyl (C=O) groups is 2. The minimum Gasteiger partial charge on any atom is -0.383 e. The normalized spacial score (nSPS) is 11.9. The van der Waals surface area contributed by atoms with Gasteiger partial charge in [-0.1, -0.05) is 373 Å². The summed E-state index contributed by atoms with van der Waals surface area (Å²) in [6.45, 7) is 18.5. The fourth-order valence-corrected chi connectivity index (χ4v) is 15.6. The van der Waals surface area contributed by atoms with Crippen LogP contribution in [0.2, 0.25) is 5.15 Å². The molecule has 140 heavy (non-hydrogen) atoms. The second-order valence-electron chi connectivity index (χ2n) is 34.1. The smallest absolute Gasteiger partial charge is 0.266 e. The molecule has 18 rings (SSSR count). The number of ether oxygens (including phenoxy) is 4. The molecule has 12 aromatic carbocycles. The molecule has 2 saturated heterocycles. The lowest BCUT2D eigenvalue weighted by Crippen LogP contribution is -2.37. The summed E-state index contributed by atoms with van der Waals surface area (Å²) in [5, 5.41) is 28.4. The largest absolute Gasteiger partial charge is 0.383 e. The Hall–Kier alpha value is -15.9. The highest BCUT2D eigenvalue weighted by molar-refractivity contribution is 6.31. The van der Waals surface area contributed by atoms with Gasteiger partial charge in [0.2, 0.25) is 6.41 Å². The molecule has 2 fully saturated rings. The fraction of sp³-hybridized carbons (Fsp3) is 0.182. The molecule has 0 amide bonds. The molecule has 0 saturated carbocycles. The van der Waals surface area contributed by atoms with E-state index in [1.807, 2.05) is 333 Å². The number of hydrogen-bond donors (Lipinski definition) is 1. The molecule has 0 aliphatic carbocycles. The van der Waals surface area contributed by atoms with Gasteiger partial charge in [0.25, 0.3) is 5.56 Å². The molecule has 0 radical (unpaired) electrons. The zero-order valence-electron chi connectivity index (χ0n) is 81.3. The standard InChI is InChI=1S/C23H21N3O.C22H22N2O.C19H13ClN2.C19H14N2O.C18H19NO.C15H14O.C5H13NO2/c1-17-7-9-18(10-8-17)21-15-20(16-24)23(26-11-13-27-14-12-26)25-22(21)19-5-3-2-4-6-19;1-17-7-9-18(10-8-17)20-11-12-21(24-13-15-25-16-14-24)23-22(20)19-5-3-2-4-6-19;1-13-7-9-14(10-8-13)17-11-16(12-21)19(20)22-18(17)15-5-3-2-4-6-15;1-13-7-9-14(10-8-13)17-11-16(12-20)19(22)21-18(17)15-5-3-2-4-6-15;1-14-9-11-15(12-10-14)17(13-19(2)3)18(20)16-7-5-4-6-8-16;1-12-7-9-13(10-8-12)11-15(16)14-5-3-2-4-6-14;1-6(2)5(7-3)8-4/h2-10,15H,11-14H2,1H3;2-12H,13-16H2,1H3;2-11H,1H3;2-11H,1H3,(H,21,22);4-13H,1-3H3;2-10H,11H2,1H3;5H,1-4H3/b;;;;17-13+;;. The van der Waals surface area contributed by atoms with Crippen molar-refractivity contribution in [2.75, 3.05) is 105 Å². The molecule has 2 aliphatic rings. The van der Waals surface area contributed by atoms with Crippen LogP contribution in [0, 0.1) is 75.5 Å². The molecule has 19 heteroatoms. The van der Waals surface area contributed by atoms with E-state index in [9.17, 15) is 24.9 Å². The second-order valence-corrected chi connectivity index (χ2v) is 34.4. The zero-order valence-corrected chi connectivity index (χ0v) is 82.0. The van der Waals surface area contributed by atoms with E-state index in [0.29, 0.717) is 41.9 Å². The van der Waals surface area contributed by atoms with Crippen molar-refractivity contribution in [3.8, 4) is 108 Å². The number of morpholine rings is 2. The summed E-state index contributed by atoms with van der Waals surface area (Å²) in [5.41, 5.74) is 27.9. The van der Waals surface area contributed by atoms with E-state index in [0.717, 1.165) is 152 Å². The maximum absolute atomic E-state index is 12.7. The Kier molecular flexibility index (Phi) is 38.6. The Labute approximate surface area is 828 Å². The number of ketones is 2. The van der Waals surface area contributed by atoms with Crippen molar-refractivity contribution in [1.29, 1.82) is 15.8 Å². The number of aryl methyl sites for hydroxylation is 6. The van der Waals surface area contributed by atoms with Gasteiger partial charge in [-0.25, -0.2) is 15.0 Å². The SMILES string of the molecule is COC(OC)N(C)C.Cc1ccc(-c2cc(C#N)c(=O)[nH]c2-c2ccccc2)cc1.Cc1ccc(-c2cc(C#N)c(Cl)nc2-c2ccccc2)cc1.Cc1ccc(-c2cc(C#N)c(N3CCOCC3)nc2-c2ccccc2)cc1.Cc1ccc(-c2ccc(N3CCOCC3)nc2-c2ccccc2)cc1.Cc1ccc(/C(=C\N(C)C)C(=O)c2ccccc2)cc1.Cc1ccc(CC(=O)c2ccccc2)cc1. The average Bonchev–Trinajstić information content (AvgIpc) is 0.737. The van der Waals surface area contributed by atoms with E-state index >= 15 is 0 Å². The fourth-order valence-electron chi connectivity index (χ4n) is 15.5. The van der Waals surface area contributed by atoms with Gasteiger partial charge >= 0.3 is 0 Å². The highest BCUT2D eigenvalue weighted by atomic mass is 35.5. The molecule has 0 unspecified atom stereocenters. The first-order valence-corrected chi connectivity index (χ1v) is 46.7. The first-order chi connectivity index (χ1) is 68.0. The van der Waals surface area contributed by atoms with Crippen LogP contribution < -0.4 is 15.4 Å². The Morgan fingerprint density at radius 1 is 0.400 bits per heavy atom. The Bertz CT molecular complexity index is 6920. The minimum atomic E-state index is -0.364. The van der Waals surface area contributed by atoms with Gasteiger partial charge in [0.05, 0.1) is 60.3 Å². The van der Waals surface area contributed by atoms with Gasteiger partial charge < -0.3 is 38.6 Å². The molecule has 0 spiro atoms. The van der Waals surface area contributed by atoms with Gasteiger partial charge in [-0.15, -0.1) is 0 Å². The number of halogens is 1. The Balaban J connectivity index is 0.000000149. The molecule has 6 heterocycles. The molecule has 4 aromatic heterocycles. The van der Waals surface area contributed by atoms with Crippen LogP contribution >= 0.6 is 11.6 Å². The van der Waals surface area contributed by atoms with E-state index in [2.05, 4.69) is 143 Å². The quantitative estimate of drug-likeness (QED) is 0.0324. The van der Waals surface area contributed by atoms with Crippen LogP contribution in [0.5, 0.6) is 0 Å². The third-order valence-electron chi connectivity index (χ3n) is 23.0. The number of nitrogens with one attached hydrogen (secondary N) is 1. The maximum Gasteiger partial charge on any atom is 0.266 e. The number of Topliss-reactive ketones (excluding diaryl/α,β-unsaturated/α-hetero) is 2. The first-order valence-electron chi connectivity index (χ1n) is 46.3.